The van der Waals surface area contributed by atoms with Gasteiger partial charge in [-0.2, -0.15) is 0 Å². The standard InChI is InChI=1S/C25H26N4O3/c30-24(29(17-19-8-13-26-14-9-19)18-20-5-4-12-27-16-20)28-21-6-7-22-23(15-21)32-25(31-22)10-2-1-3-11-25/h4-9,12-16H,1-3,10-11,17-18H2,(H,28,30). The monoisotopic (exact) mass is 430 g/mol. The van der Waals surface area contributed by atoms with Crippen LogP contribution in [0.4, 0.5) is 10.5 Å². The summed E-state index contributed by atoms with van der Waals surface area (Å²) >= 11 is 0. The molecule has 2 aliphatic rings. The maximum absolute atomic E-state index is 13.2. The summed E-state index contributed by atoms with van der Waals surface area (Å²) in [6.45, 7) is 0.895. The molecule has 1 fully saturated rings. The number of hydrogen-bond acceptors (Lipinski definition) is 5. The lowest BCUT2D eigenvalue weighted by Gasteiger charge is -2.31. The molecule has 0 unspecified atom stereocenters. The topological polar surface area (TPSA) is 76.6 Å². The predicted octanol–water partition coefficient (Wildman–Crippen LogP) is 5.14. The lowest BCUT2D eigenvalue weighted by molar-refractivity contribution is -0.105. The summed E-state index contributed by atoms with van der Waals surface area (Å²) in [6, 6.07) is 13.0. The Labute approximate surface area is 187 Å². The molecular formula is C25H26N4O3. The van der Waals surface area contributed by atoms with Crippen molar-refractivity contribution >= 4 is 11.7 Å². The highest BCUT2D eigenvalue weighted by Gasteiger charge is 2.42. The number of nitrogens with zero attached hydrogens (tertiary/aromatic N) is 3. The van der Waals surface area contributed by atoms with Gasteiger partial charge in [-0.25, -0.2) is 4.79 Å². The largest absolute Gasteiger partial charge is 0.448 e. The summed E-state index contributed by atoms with van der Waals surface area (Å²) < 4.78 is 12.3. The Morgan fingerprint density at radius 2 is 1.69 bits per heavy atom. The average molecular weight is 431 g/mol. The fourth-order valence-corrected chi connectivity index (χ4v) is 4.29. The molecule has 7 nitrogen and oxygen atoms in total. The van der Waals surface area contributed by atoms with Crippen LogP contribution in [-0.4, -0.2) is 26.7 Å². The van der Waals surface area contributed by atoms with E-state index in [4.69, 9.17) is 9.47 Å². The van der Waals surface area contributed by atoms with Crippen molar-refractivity contribution in [2.24, 2.45) is 0 Å². The van der Waals surface area contributed by atoms with Crippen LogP contribution < -0.4 is 14.8 Å². The van der Waals surface area contributed by atoms with Gasteiger partial charge in [0.05, 0.1) is 0 Å². The molecule has 7 heteroatoms. The molecule has 3 aromatic rings. The second-order valence-corrected chi connectivity index (χ2v) is 8.34. The van der Waals surface area contributed by atoms with Gasteiger partial charge in [0.25, 0.3) is 5.79 Å². The fourth-order valence-electron chi connectivity index (χ4n) is 4.29. The van der Waals surface area contributed by atoms with Crippen LogP contribution in [0.5, 0.6) is 11.5 Å². The van der Waals surface area contributed by atoms with Crippen molar-refractivity contribution in [3.8, 4) is 11.5 Å². The number of urea groups is 1. The number of carbonyl (C=O) groups excluding carboxylic acids is 1. The van der Waals surface area contributed by atoms with E-state index >= 15 is 0 Å². The molecule has 1 aliphatic heterocycles. The molecule has 0 atom stereocenters. The van der Waals surface area contributed by atoms with Crippen LogP contribution in [-0.2, 0) is 13.1 Å². The molecule has 0 radical (unpaired) electrons. The highest BCUT2D eigenvalue weighted by molar-refractivity contribution is 5.89. The summed E-state index contributed by atoms with van der Waals surface area (Å²) in [7, 11) is 0. The third-order valence-corrected chi connectivity index (χ3v) is 5.91. The Morgan fingerprint density at radius 1 is 0.906 bits per heavy atom. The number of nitrogens with one attached hydrogen (secondary N) is 1. The van der Waals surface area contributed by atoms with E-state index in [0.717, 1.165) is 42.6 Å². The van der Waals surface area contributed by atoms with E-state index in [2.05, 4.69) is 15.3 Å². The Bertz CT molecular complexity index is 1030. The average Bonchev–Trinajstić information content (AvgIpc) is 3.17. The molecule has 1 spiro atoms. The minimum atomic E-state index is -0.531. The second-order valence-electron chi connectivity index (χ2n) is 8.34. The Morgan fingerprint density at radius 3 is 2.47 bits per heavy atom. The molecular weight excluding hydrogens is 404 g/mol. The lowest BCUT2D eigenvalue weighted by Crippen LogP contribution is -2.40. The van der Waals surface area contributed by atoms with Gasteiger partial charge in [0, 0.05) is 62.5 Å². The molecule has 1 aromatic carbocycles. The zero-order valence-corrected chi connectivity index (χ0v) is 17.9. The molecule has 1 saturated carbocycles. The number of carbonyl (C=O) groups is 1. The molecule has 164 valence electrons. The van der Waals surface area contributed by atoms with Gasteiger partial charge in [-0.15, -0.1) is 0 Å². The summed E-state index contributed by atoms with van der Waals surface area (Å²) in [5, 5.41) is 3.02. The third-order valence-electron chi connectivity index (χ3n) is 5.91. The van der Waals surface area contributed by atoms with Crippen molar-refractivity contribution in [2.45, 2.75) is 51.0 Å². The van der Waals surface area contributed by atoms with E-state index in [1.54, 1.807) is 29.7 Å². The van der Waals surface area contributed by atoms with Gasteiger partial charge in [0.15, 0.2) is 11.5 Å². The number of aromatic nitrogens is 2. The number of benzene rings is 1. The van der Waals surface area contributed by atoms with Crippen LogP contribution in [0.2, 0.25) is 0 Å². The molecule has 3 heterocycles. The van der Waals surface area contributed by atoms with E-state index < -0.39 is 5.79 Å². The zero-order valence-electron chi connectivity index (χ0n) is 17.9. The summed E-state index contributed by atoms with van der Waals surface area (Å²) in [6.07, 6.45) is 12.2. The van der Waals surface area contributed by atoms with Gasteiger partial charge in [-0.1, -0.05) is 12.5 Å². The minimum Gasteiger partial charge on any atom is -0.448 e. The minimum absolute atomic E-state index is 0.197. The number of ether oxygens (including phenoxy) is 2. The van der Waals surface area contributed by atoms with Gasteiger partial charge in [0.1, 0.15) is 0 Å². The zero-order chi connectivity index (χ0) is 21.8. The van der Waals surface area contributed by atoms with Crippen molar-refractivity contribution in [1.82, 2.24) is 14.9 Å². The lowest BCUT2D eigenvalue weighted by atomic mass is 9.94. The van der Waals surface area contributed by atoms with E-state index in [9.17, 15) is 4.79 Å². The molecule has 1 aliphatic carbocycles. The molecule has 2 aromatic heterocycles. The molecule has 0 saturated heterocycles. The fraction of sp³-hybridized carbons (Fsp3) is 0.320. The number of amides is 2. The Hall–Kier alpha value is -3.61. The van der Waals surface area contributed by atoms with Gasteiger partial charge < -0.3 is 19.7 Å². The molecule has 32 heavy (non-hydrogen) atoms. The first kappa shape index (κ1) is 20.3. The maximum atomic E-state index is 13.2. The SMILES string of the molecule is O=C(Nc1ccc2c(c1)OC1(CCCCC1)O2)N(Cc1ccncc1)Cc1cccnc1. The van der Waals surface area contributed by atoms with E-state index in [-0.39, 0.29) is 6.03 Å². The number of anilines is 1. The second kappa shape index (κ2) is 8.86. The van der Waals surface area contributed by atoms with Gasteiger partial charge in [-0.05, 0) is 54.3 Å². The van der Waals surface area contributed by atoms with Crippen molar-refractivity contribution in [1.29, 1.82) is 0 Å². The van der Waals surface area contributed by atoms with Crippen molar-refractivity contribution < 1.29 is 14.3 Å². The highest BCUT2D eigenvalue weighted by Crippen LogP contribution is 2.46. The van der Waals surface area contributed by atoms with Crippen LogP contribution in [0.15, 0.2) is 67.3 Å². The van der Waals surface area contributed by atoms with Gasteiger partial charge in [0.2, 0.25) is 0 Å². The highest BCUT2D eigenvalue weighted by atomic mass is 16.7. The van der Waals surface area contributed by atoms with Crippen molar-refractivity contribution in [2.75, 3.05) is 5.32 Å². The summed E-state index contributed by atoms with van der Waals surface area (Å²) in [4.78, 5) is 23.2. The first-order valence-electron chi connectivity index (χ1n) is 11.0. The van der Waals surface area contributed by atoms with Crippen molar-refractivity contribution in [3.05, 3.63) is 78.4 Å². The summed E-state index contributed by atoms with van der Waals surface area (Å²) in [5.41, 5.74) is 2.64. The van der Waals surface area contributed by atoms with Crippen LogP contribution in [0.3, 0.4) is 0 Å². The van der Waals surface area contributed by atoms with E-state index in [1.807, 2.05) is 42.5 Å². The number of hydrogen-bond donors (Lipinski definition) is 1. The predicted molar refractivity (Wildman–Crippen MR) is 120 cm³/mol. The smallest absolute Gasteiger partial charge is 0.322 e. The maximum Gasteiger partial charge on any atom is 0.322 e. The van der Waals surface area contributed by atoms with E-state index in [1.165, 1.54) is 6.42 Å². The first-order valence-corrected chi connectivity index (χ1v) is 11.0. The number of rotatable bonds is 5. The van der Waals surface area contributed by atoms with Gasteiger partial charge >= 0.3 is 6.03 Å². The first-order chi connectivity index (χ1) is 15.7. The van der Waals surface area contributed by atoms with Crippen molar-refractivity contribution in [3.63, 3.8) is 0 Å². The van der Waals surface area contributed by atoms with Gasteiger partial charge in [-0.3, -0.25) is 9.97 Å². The van der Waals surface area contributed by atoms with E-state index in [0.29, 0.717) is 24.5 Å². The Kier molecular flexibility index (Phi) is 5.62. The molecule has 5 rings (SSSR count). The quantitative estimate of drug-likeness (QED) is 0.606. The third kappa shape index (κ3) is 4.51. The summed E-state index contributed by atoms with van der Waals surface area (Å²) in [5.74, 6) is 0.906. The molecule has 1 N–H and O–H groups in total. The number of fused-ring (bicyclic) bond motifs is 1. The van der Waals surface area contributed by atoms with Crippen LogP contribution >= 0.6 is 0 Å². The van der Waals surface area contributed by atoms with Crippen LogP contribution in [0.25, 0.3) is 0 Å². The normalized spacial score (nSPS) is 16.0. The molecule has 2 amide bonds. The van der Waals surface area contributed by atoms with Crippen LogP contribution in [0, 0.1) is 0 Å². The Balaban J connectivity index is 1.31. The molecule has 0 bridgehead atoms. The number of pyridine rings is 2. The van der Waals surface area contributed by atoms with Crippen LogP contribution in [0.1, 0.15) is 43.2 Å².